The number of anilines is 1. The Labute approximate surface area is 111 Å². The Balaban J connectivity index is 1.70. The maximum absolute atomic E-state index is 12.2. The molecule has 4 heteroatoms. The number of nitrogens with zero attached hydrogens (tertiary/aromatic N) is 1. The predicted octanol–water partition coefficient (Wildman–Crippen LogP) is 1.73. The monoisotopic (exact) mass is 253 g/mol. The summed E-state index contributed by atoms with van der Waals surface area (Å²) >= 11 is 0. The van der Waals surface area contributed by atoms with Crippen molar-refractivity contribution in [2.24, 2.45) is 0 Å². The van der Waals surface area contributed by atoms with E-state index in [-0.39, 0.29) is 11.9 Å². The third-order valence-corrected chi connectivity index (χ3v) is 3.33. The minimum absolute atomic E-state index is 0.0116. The average Bonchev–Trinajstić information content (AvgIpc) is 2.48. The lowest BCUT2D eigenvalue weighted by atomic mass is 9.95. The molecule has 0 aliphatic carbocycles. The molecule has 1 unspecified atom stereocenters. The van der Waals surface area contributed by atoms with Crippen molar-refractivity contribution in [3.05, 3.63) is 59.9 Å². The van der Waals surface area contributed by atoms with Gasteiger partial charge in [0, 0.05) is 12.7 Å². The van der Waals surface area contributed by atoms with Crippen LogP contribution < -0.4 is 10.6 Å². The largest absolute Gasteiger partial charge is 0.323 e. The van der Waals surface area contributed by atoms with E-state index < -0.39 is 0 Å². The highest BCUT2D eigenvalue weighted by atomic mass is 16.2. The number of nitrogens with one attached hydrogen (secondary N) is 2. The Morgan fingerprint density at radius 3 is 2.84 bits per heavy atom. The van der Waals surface area contributed by atoms with Crippen LogP contribution in [-0.4, -0.2) is 16.9 Å². The van der Waals surface area contributed by atoms with Crippen LogP contribution in [0.4, 0.5) is 5.69 Å². The van der Waals surface area contributed by atoms with Crippen molar-refractivity contribution < 1.29 is 4.79 Å². The van der Waals surface area contributed by atoms with Crippen LogP contribution in [0.15, 0.2) is 48.8 Å². The number of hydrogen-bond donors (Lipinski definition) is 2. The van der Waals surface area contributed by atoms with Crippen LogP contribution in [0.25, 0.3) is 0 Å². The lowest BCUT2D eigenvalue weighted by Gasteiger charge is -2.25. The van der Waals surface area contributed by atoms with E-state index in [1.165, 1.54) is 11.1 Å². The maximum atomic E-state index is 12.2. The van der Waals surface area contributed by atoms with E-state index in [2.05, 4.69) is 27.8 Å². The molecule has 1 atom stereocenters. The number of hydrogen-bond acceptors (Lipinski definition) is 3. The Morgan fingerprint density at radius 1 is 1.21 bits per heavy atom. The highest BCUT2D eigenvalue weighted by Gasteiger charge is 2.23. The summed E-state index contributed by atoms with van der Waals surface area (Å²) in [6, 6.07) is 11.7. The molecule has 0 saturated carbocycles. The molecule has 2 aromatic rings. The summed E-state index contributed by atoms with van der Waals surface area (Å²) in [5.41, 5.74) is 3.24. The molecule has 1 aliphatic heterocycles. The van der Waals surface area contributed by atoms with Crippen LogP contribution in [0.2, 0.25) is 0 Å². The molecule has 1 aliphatic rings. The lowest BCUT2D eigenvalue weighted by Crippen LogP contribution is -2.44. The van der Waals surface area contributed by atoms with Gasteiger partial charge in [-0.15, -0.1) is 0 Å². The van der Waals surface area contributed by atoms with Crippen LogP contribution in [0, 0.1) is 0 Å². The van der Waals surface area contributed by atoms with Crippen molar-refractivity contribution in [2.45, 2.75) is 19.0 Å². The number of benzene rings is 1. The number of aromatic nitrogens is 1. The zero-order chi connectivity index (χ0) is 13.1. The van der Waals surface area contributed by atoms with Gasteiger partial charge in [0.15, 0.2) is 0 Å². The predicted molar refractivity (Wildman–Crippen MR) is 73.6 cm³/mol. The first kappa shape index (κ1) is 11.9. The Hall–Kier alpha value is -2.20. The van der Waals surface area contributed by atoms with Gasteiger partial charge in [0.2, 0.25) is 5.91 Å². The third kappa shape index (κ3) is 2.63. The molecular weight excluding hydrogens is 238 g/mol. The molecule has 3 rings (SSSR count). The molecule has 19 heavy (non-hydrogen) atoms. The fraction of sp³-hybridized carbons (Fsp3) is 0.200. The smallest absolute Gasteiger partial charge is 0.241 e. The number of amides is 1. The van der Waals surface area contributed by atoms with Gasteiger partial charge in [-0.25, -0.2) is 0 Å². The molecule has 2 N–H and O–H groups in total. The van der Waals surface area contributed by atoms with Gasteiger partial charge >= 0.3 is 0 Å². The number of carbonyl (C=O) groups excluding carboxylic acids is 1. The van der Waals surface area contributed by atoms with E-state index in [0.717, 1.165) is 18.7 Å². The van der Waals surface area contributed by atoms with Crippen LogP contribution >= 0.6 is 0 Å². The summed E-state index contributed by atoms with van der Waals surface area (Å²) in [5.74, 6) is -0.0116. The maximum Gasteiger partial charge on any atom is 0.241 e. The van der Waals surface area contributed by atoms with E-state index in [0.29, 0.717) is 0 Å². The van der Waals surface area contributed by atoms with Crippen molar-refractivity contribution >= 4 is 11.6 Å². The minimum atomic E-state index is -0.185. The van der Waals surface area contributed by atoms with Crippen molar-refractivity contribution in [3.63, 3.8) is 0 Å². The number of pyridine rings is 1. The Morgan fingerprint density at radius 2 is 2.05 bits per heavy atom. The number of carbonyl (C=O) groups is 1. The summed E-state index contributed by atoms with van der Waals surface area (Å²) in [5, 5.41) is 6.14. The molecule has 0 radical (unpaired) electrons. The van der Waals surface area contributed by atoms with Crippen molar-refractivity contribution in [3.8, 4) is 0 Å². The highest BCUT2D eigenvalue weighted by molar-refractivity contribution is 5.95. The van der Waals surface area contributed by atoms with E-state index in [4.69, 9.17) is 0 Å². The van der Waals surface area contributed by atoms with E-state index in [1.54, 1.807) is 18.5 Å². The molecule has 0 bridgehead atoms. The molecular formula is C15H15N3O. The van der Waals surface area contributed by atoms with E-state index in [1.807, 2.05) is 18.2 Å². The van der Waals surface area contributed by atoms with Gasteiger partial charge in [0.25, 0.3) is 0 Å². The average molecular weight is 253 g/mol. The molecule has 1 aromatic heterocycles. The first-order chi connectivity index (χ1) is 9.33. The molecule has 1 aromatic carbocycles. The van der Waals surface area contributed by atoms with Crippen LogP contribution in [-0.2, 0) is 17.8 Å². The fourth-order valence-electron chi connectivity index (χ4n) is 2.31. The first-order valence-corrected chi connectivity index (χ1v) is 6.34. The normalized spacial score (nSPS) is 17.6. The van der Waals surface area contributed by atoms with Crippen LogP contribution in [0.5, 0.6) is 0 Å². The van der Waals surface area contributed by atoms with Crippen molar-refractivity contribution in [1.29, 1.82) is 0 Å². The van der Waals surface area contributed by atoms with E-state index >= 15 is 0 Å². The summed E-state index contributed by atoms with van der Waals surface area (Å²) < 4.78 is 0. The molecule has 96 valence electrons. The second-order valence-electron chi connectivity index (χ2n) is 4.64. The van der Waals surface area contributed by atoms with Gasteiger partial charge in [-0.1, -0.05) is 24.3 Å². The second kappa shape index (κ2) is 5.20. The lowest BCUT2D eigenvalue weighted by molar-refractivity contribution is -0.118. The quantitative estimate of drug-likeness (QED) is 0.857. The SMILES string of the molecule is O=C(Nc1cccnc1)C1Cc2ccccc2CN1. The number of fused-ring (bicyclic) bond motifs is 1. The zero-order valence-corrected chi connectivity index (χ0v) is 10.5. The van der Waals surface area contributed by atoms with Gasteiger partial charge in [-0.05, 0) is 29.7 Å². The summed E-state index contributed by atoms with van der Waals surface area (Å²) in [6.45, 7) is 0.737. The van der Waals surface area contributed by atoms with Crippen molar-refractivity contribution in [2.75, 3.05) is 5.32 Å². The van der Waals surface area contributed by atoms with Gasteiger partial charge in [0.05, 0.1) is 17.9 Å². The zero-order valence-electron chi connectivity index (χ0n) is 10.5. The second-order valence-corrected chi connectivity index (χ2v) is 4.64. The molecule has 0 saturated heterocycles. The van der Waals surface area contributed by atoms with Crippen molar-refractivity contribution in [1.82, 2.24) is 10.3 Å². The molecule has 4 nitrogen and oxygen atoms in total. The third-order valence-electron chi connectivity index (χ3n) is 3.33. The molecule has 0 fully saturated rings. The minimum Gasteiger partial charge on any atom is -0.323 e. The highest BCUT2D eigenvalue weighted by Crippen LogP contribution is 2.17. The summed E-state index contributed by atoms with van der Waals surface area (Å²) in [7, 11) is 0. The van der Waals surface area contributed by atoms with E-state index in [9.17, 15) is 4.79 Å². The first-order valence-electron chi connectivity index (χ1n) is 6.34. The topological polar surface area (TPSA) is 54.0 Å². The Kier molecular flexibility index (Phi) is 3.25. The summed E-state index contributed by atoms with van der Waals surface area (Å²) in [6.07, 6.45) is 4.06. The summed E-state index contributed by atoms with van der Waals surface area (Å²) in [4.78, 5) is 16.2. The standard InChI is InChI=1S/C15H15N3O/c19-15(18-13-6-3-7-16-10-13)14-8-11-4-1-2-5-12(11)9-17-14/h1-7,10,14,17H,8-9H2,(H,18,19). The van der Waals surface area contributed by atoms with Crippen LogP contribution in [0.1, 0.15) is 11.1 Å². The fourth-order valence-corrected chi connectivity index (χ4v) is 2.31. The Bertz CT molecular complexity index is 583. The van der Waals surface area contributed by atoms with Gasteiger partial charge in [0.1, 0.15) is 0 Å². The molecule has 0 spiro atoms. The molecule has 2 heterocycles. The number of rotatable bonds is 2. The van der Waals surface area contributed by atoms with Gasteiger partial charge in [-0.2, -0.15) is 0 Å². The van der Waals surface area contributed by atoms with Gasteiger partial charge < -0.3 is 10.6 Å². The van der Waals surface area contributed by atoms with Gasteiger partial charge in [-0.3, -0.25) is 9.78 Å². The molecule has 1 amide bonds. The van der Waals surface area contributed by atoms with Crippen LogP contribution in [0.3, 0.4) is 0 Å².